The summed E-state index contributed by atoms with van der Waals surface area (Å²) in [5, 5.41) is 11.4. The van der Waals surface area contributed by atoms with Crippen LogP contribution in [0.25, 0.3) is 0 Å². The van der Waals surface area contributed by atoms with Crippen molar-refractivity contribution in [2.75, 3.05) is 0 Å². The van der Waals surface area contributed by atoms with Crippen molar-refractivity contribution < 1.29 is 4.79 Å². The Kier molecular flexibility index (Phi) is 4.39. The molecule has 0 spiro atoms. The van der Waals surface area contributed by atoms with Crippen LogP contribution in [0.5, 0.6) is 0 Å². The number of rotatable bonds is 4. The molecule has 5 nitrogen and oxygen atoms in total. The van der Waals surface area contributed by atoms with Gasteiger partial charge in [-0.15, -0.1) is 10.2 Å². The minimum absolute atomic E-state index is 0.146. The van der Waals surface area contributed by atoms with Gasteiger partial charge in [0.15, 0.2) is 5.82 Å². The molecular weight excluding hydrogens is 287 g/mol. The monoisotopic (exact) mass is 298 g/mol. The lowest BCUT2D eigenvalue weighted by Crippen LogP contribution is -2.26. The van der Waals surface area contributed by atoms with Gasteiger partial charge in [0, 0.05) is 17.1 Å². The standard InChI is InChI=1S/C12H12Cl2N4O/c1-18-7-16-17-11(18)6-15-12(19)5-8-4-9(13)2-3-10(8)14/h2-4,7H,5-6H2,1H3,(H,15,19). The van der Waals surface area contributed by atoms with Crippen LogP contribution in [-0.4, -0.2) is 20.7 Å². The predicted molar refractivity (Wildman–Crippen MR) is 73.0 cm³/mol. The summed E-state index contributed by atoms with van der Waals surface area (Å²) in [5.74, 6) is 0.540. The number of nitrogens with one attached hydrogen (secondary N) is 1. The van der Waals surface area contributed by atoms with E-state index in [4.69, 9.17) is 23.2 Å². The predicted octanol–water partition coefficient (Wildman–Crippen LogP) is 1.98. The van der Waals surface area contributed by atoms with Crippen LogP contribution in [0.15, 0.2) is 24.5 Å². The Morgan fingerprint density at radius 1 is 1.42 bits per heavy atom. The van der Waals surface area contributed by atoms with Crippen molar-refractivity contribution in [3.8, 4) is 0 Å². The molecular formula is C12H12Cl2N4O. The second-order valence-electron chi connectivity index (χ2n) is 4.05. The first-order chi connectivity index (χ1) is 9.06. The topological polar surface area (TPSA) is 59.8 Å². The molecule has 2 aromatic rings. The number of amides is 1. The zero-order valence-corrected chi connectivity index (χ0v) is 11.7. The molecule has 100 valence electrons. The van der Waals surface area contributed by atoms with Gasteiger partial charge >= 0.3 is 0 Å². The SMILES string of the molecule is Cn1cnnc1CNC(=O)Cc1cc(Cl)ccc1Cl. The molecule has 0 aliphatic heterocycles. The Morgan fingerprint density at radius 3 is 2.89 bits per heavy atom. The summed E-state index contributed by atoms with van der Waals surface area (Å²) in [7, 11) is 1.81. The maximum Gasteiger partial charge on any atom is 0.224 e. The third-order valence-electron chi connectivity index (χ3n) is 2.61. The number of aromatic nitrogens is 3. The van der Waals surface area contributed by atoms with E-state index in [0.717, 1.165) is 0 Å². The lowest BCUT2D eigenvalue weighted by atomic mass is 10.1. The number of aryl methyl sites for hydroxylation is 1. The normalized spacial score (nSPS) is 10.5. The maximum absolute atomic E-state index is 11.8. The molecule has 2 rings (SSSR count). The Hall–Kier alpha value is -1.59. The second kappa shape index (κ2) is 6.04. The summed E-state index contributed by atoms with van der Waals surface area (Å²) in [6.45, 7) is 0.327. The Bertz CT molecular complexity index is 597. The first-order valence-electron chi connectivity index (χ1n) is 5.60. The Balaban J connectivity index is 1.94. The number of carbonyl (C=O) groups excluding carboxylic acids is 1. The number of nitrogens with zero attached hydrogens (tertiary/aromatic N) is 3. The number of hydrogen-bond acceptors (Lipinski definition) is 3. The van der Waals surface area contributed by atoms with Crippen molar-refractivity contribution in [2.24, 2.45) is 7.05 Å². The average Bonchev–Trinajstić information content (AvgIpc) is 2.77. The van der Waals surface area contributed by atoms with Gasteiger partial charge in [-0.2, -0.15) is 0 Å². The van der Waals surface area contributed by atoms with Crippen LogP contribution in [0.2, 0.25) is 10.0 Å². The highest BCUT2D eigenvalue weighted by molar-refractivity contribution is 6.33. The highest BCUT2D eigenvalue weighted by Gasteiger charge is 2.09. The molecule has 0 radical (unpaired) electrons. The summed E-state index contributed by atoms with van der Waals surface area (Å²) in [6.07, 6.45) is 1.76. The van der Waals surface area contributed by atoms with Crippen LogP contribution in [0.1, 0.15) is 11.4 Å². The fraction of sp³-hybridized carbons (Fsp3) is 0.250. The van der Waals surface area contributed by atoms with Gasteiger partial charge in [-0.3, -0.25) is 4.79 Å². The third kappa shape index (κ3) is 3.68. The minimum Gasteiger partial charge on any atom is -0.349 e. The van der Waals surface area contributed by atoms with Crippen molar-refractivity contribution >= 4 is 29.1 Å². The zero-order chi connectivity index (χ0) is 13.8. The van der Waals surface area contributed by atoms with E-state index in [9.17, 15) is 4.79 Å². The number of halogens is 2. The maximum atomic E-state index is 11.8. The summed E-state index contributed by atoms with van der Waals surface area (Å²) in [4.78, 5) is 11.8. The summed E-state index contributed by atoms with van der Waals surface area (Å²) < 4.78 is 1.74. The zero-order valence-electron chi connectivity index (χ0n) is 10.2. The minimum atomic E-state index is -0.146. The van der Waals surface area contributed by atoms with Gasteiger partial charge in [-0.1, -0.05) is 23.2 Å². The molecule has 1 aromatic carbocycles. The van der Waals surface area contributed by atoms with Gasteiger partial charge in [-0.05, 0) is 23.8 Å². The van der Waals surface area contributed by atoms with Crippen molar-refractivity contribution in [1.29, 1.82) is 0 Å². The van der Waals surface area contributed by atoms with Gasteiger partial charge in [0.25, 0.3) is 0 Å². The van der Waals surface area contributed by atoms with Crippen LogP contribution in [0.4, 0.5) is 0 Å². The van der Waals surface area contributed by atoms with Crippen LogP contribution in [-0.2, 0) is 24.8 Å². The van der Waals surface area contributed by atoms with Gasteiger partial charge < -0.3 is 9.88 Å². The molecule has 0 aliphatic carbocycles. The fourth-order valence-corrected chi connectivity index (χ4v) is 1.94. The highest BCUT2D eigenvalue weighted by Crippen LogP contribution is 2.20. The van der Waals surface area contributed by atoms with Crippen LogP contribution >= 0.6 is 23.2 Å². The van der Waals surface area contributed by atoms with E-state index in [0.29, 0.717) is 28.0 Å². The first kappa shape index (κ1) is 13.8. The molecule has 1 amide bonds. The molecule has 1 heterocycles. The summed E-state index contributed by atoms with van der Waals surface area (Å²) in [5.41, 5.74) is 0.699. The highest BCUT2D eigenvalue weighted by atomic mass is 35.5. The molecule has 19 heavy (non-hydrogen) atoms. The lowest BCUT2D eigenvalue weighted by molar-refractivity contribution is -0.120. The molecule has 0 saturated heterocycles. The average molecular weight is 299 g/mol. The van der Waals surface area contributed by atoms with Crippen LogP contribution < -0.4 is 5.32 Å². The molecule has 0 fully saturated rings. The smallest absolute Gasteiger partial charge is 0.224 e. The van der Waals surface area contributed by atoms with E-state index in [1.54, 1.807) is 29.1 Å². The van der Waals surface area contributed by atoms with E-state index in [-0.39, 0.29) is 12.3 Å². The molecule has 1 aromatic heterocycles. The second-order valence-corrected chi connectivity index (χ2v) is 4.89. The number of benzene rings is 1. The van der Waals surface area contributed by atoms with E-state index >= 15 is 0 Å². The van der Waals surface area contributed by atoms with Gasteiger partial charge in [0.05, 0.1) is 13.0 Å². The molecule has 1 N–H and O–H groups in total. The largest absolute Gasteiger partial charge is 0.349 e. The van der Waals surface area contributed by atoms with E-state index in [2.05, 4.69) is 15.5 Å². The van der Waals surface area contributed by atoms with Crippen LogP contribution in [0.3, 0.4) is 0 Å². The molecule has 7 heteroatoms. The third-order valence-corrected chi connectivity index (χ3v) is 3.21. The van der Waals surface area contributed by atoms with E-state index in [1.807, 2.05) is 7.05 Å². The Labute approximate surface area is 120 Å². The van der Waals surface area contributed by atoms with Gasteiger partial charge in [0.1, 0.15) is 6.33 Å². The van der Waals surface area contributed by atoms with Gasteiger partial charge in [0.2, 0.25) is 5.91 Å². The quantitative estimate of drug-likeness (QED) is 0.939. The molecule has 0 atom stereocenters. The fourth-order valence-electron chi connectivity index (χ4n) is 1.56. The molecule has 0 saturated carbocycles. The van der Waals surface area contributed by atoms with Crippen LogP contribution in [0, 0.1) is 0 Å². The van der Waals surface area contributed by atoms with Crippen molar-refractivity contribution in [2.45, 2.75) is 13.0 Å². The van der Waals surface area contributed by atoms with Gasteiger partial charge in [-0.25, -0.2) is 0 Å². The van der Waals surface area contributed by atoms with Crippen molar-refractivity contribution in [3.05, 3.63) is 46.0 Å². The Morgan fingerprint density at radius 2 is 2.21 bits per heavy atom. The van der Waals surface area contributed by atoms with Crippen molar-refractivity contribution in [3.63, 3.8) is 0 Å². The summed E-state index contributed by atoms with van der Waals surface area (Å²) >= 11 is 11.9. The lowest BCUT2D eigenvalue weighted by Gasteiger charge is -2.06. The van der Waals surface area contributed by atoms with E-state index < -0.39 is 0 Å². The van der Waals surface area contributed by atoms with E-state index in [1.165, 1.54) is 0 Å². The molecule has 0 bridgehead atoms. The first-order valence-corrected chi connectivity index (χ1v) is 6.35. The number of hydrogen-bond donors (Lipinski definition) is 1. The molecule has 0 unspecified atom stereocenters. The van der Waals surface area contributed by atoms with Crippen molar-refractivity contribution in [1.82, 2.24) is 20.1 Å². The number of carbonyl (C=O) groups is 1. The molecule has 0 aliphatic rings. The summed E-state index contributed by atoms with van der Waals surface area (Å²) in [6, 6.07) is 5.05.